The second-order valence-electron chi connectivity index (χ2n) is 5.79. The number of fused-ring (bicyclic) bond motifs is 1. The monoisotopic (exact) mass is 397 g/mol. The molecule has 9 heteroatoms. The van der Waals surface area contributed by atoms with Crippen molar-refractivity contribution >= 4 is 33.9 Å². The van der Waals surface area contributed by atoms with E-state index in [1.54, 1.807) is 24.3 Å². The van der Waals surface area contributed by atoms with Crippen LogP contribution in [-0.2, 0) is 11.3 Å². The first kappa shape index (κ1) is 17.9. The normalized spacial score (nSPS) is 15.2. The van der Waals surface area contributed by atoms with E-state index in [0.717, 1.165) is 11.8 Å². The Kier molecular flexibility index (Phi) is 4.66. The highest BCUT2D eigenvalue weighted by molar-refractivity contribution is 8.18. The quantitative estimate of drug-likeness (QED) is 0.680. The van der Waals surface area contributed by atoms with Gasteiger partial charge in [-0.3, -0.25) is 24.3 Å². The second kappa shape index (κ2) is 7.28. The Labute approximate surface area is 161 Å². The minimum Gasteiger partial charge on any atom is -0.435 e. The molecule has 1 fully saturated rings. The number of aromatic nitrogens is 2. The fourth-order valence-corrected chi connectivity index (χ4v) is 3.31. The van der Waals surface area contributed by atoms with Gasteiger partial charge in [-0.15, -0.1) is 0 Å². The summed E-state index contributed by atoms with van der Waals surface area (Å²) in [6, 6.07) is 12.2. The summed E-state index contributed by atoms with van der Waals surface area (Å²) >= 11 is 0.776. The summed E-state index contributed by atoms with van der Waals surface area (Å²) < 4.78 is 20.0. The third-order valence-corrected chi connectivity index (χ3v) is 4.81. The van der Waals surface area contributed by atoms with E-state index < -0.39 is 22.5 Å². The van der Waals surface area contributed by atoms with Gasteiger partial charge in [-0.05, 0) is 54.2 Å². The second-order valence-corrected chi connectivity index (χ2v) is 6.80. The van der Waals surface area contributed by atoms with E-state index in [2.05, 4.69) is 10.3 Å². The molecule has 0 spiro atoms. The van der Waals surface area contributed by atoms with Crippen LogP contribution in [0.2, 0.25) is 0 Å². The van der Waals surface area contributed by atoms with Crippen LogP contribution < -0.4 is 15.6 Å². The van der Waals surface area contributed by atoms with Crippen molar-refractivity contribution < 1.29 is 18.7 Å². The van der Waals surface area contributed by atoms with Crippen molar-refractivity contribution in [2.45, 2.75) is 6.54 Å². The molecule has 2 heterocycles. The van der Waals surface area contributed by atoms with Gasteiger partial charge in [-0.2, -0.15) is 0 Å². The molecule has 1 N–H and O–H groups in total. The summed E-state index contributed by atoms with van der Waals surface area (Å²) in [5, 5.41) is 1.71. The predicted molar refractivity (Wildman–Crippen MR) is 102 cm³/mol. The minimum absolute atomic E-state index is 0.0463. The van der Waals surface area contributed by atoms with E-state index in [1.165, 1.54) is 34.9 Å². The summed E-state index contributed by atoms with van der Waals surface area (Å²) in [6.45, 7) is 0.0463. The van der Waals surface area contributed by atoms with Gasteiger partial charge in [-0.1, -0.05) is 12.1 Å². The fraction of sp³-hybridized carbons (Fsp3) is 0.0526. The van der Waals surface area contributed by atoms with Crippen LogP contribution in [0.3, 0.4) is 0 Å². The topological polar surface area (TPSA) is 90.3 Å². The maximum absolute atomic E-state index is 13.1. The van der Waals surface area contributed by atoms with Crippen molar-refractivity contribution in [3.05, 3.63) is 75.7 Å². The molecule has 0 saturated carbocycles. The molecule has 140 valence electrons. The molecule has 3 aromatic rings. The molecule has 4 rings (SSSR count). The number of nitrogens with one attached hydrogen (secondary N) is 1. The zero-order valence-electron chi connectivity index (χ0n) is 14.2. The zero-order valence-corrected chi connectivity index (χ0v) is 15.0. The highest BCUT2D eigenvalue weighted by atomic mass is 32.2. The van der Waals surface area contributed by atoms with E-state index in [9.17, 15) is 18.8 Å². The smallest absolute Gasteiger partial charge is 0.314 e. The maximum atomic E-state index is 13.1. The average Bonchev–Trinajstić information content (AvgIpc) is 3.01. The van der Waals surface area contributed by atoms with Gasteiger partial charge in [0.2, 0.25) is 0 Å². The van der Waals surface area contributed by atoms with Gasteiger partial charge in [0, 0.05) is 6.54 Å². The number of para-hydroxylation sites is 2. The summed E-state index contributed by atoms with van der Waals surface area (Å²) in [6.07, 6.45) is 1.50. The Bertz CT molecular complexity index is 1190. The third-order valence-electron chi connectivity index (χ3n) is 3.95. The lowest BCUT2D eigenvalue weighted by molar-refractivity contribution is -0.115. The molecule has 1 aliphatic heterocycles. The first-order chi connectivity index (χ1) is 13.5. The van der Waals surface area contributed by atoms with Crippen LogP contribution >= 0.6 is 11.8 Å². The van der Waals surface area contributed by atoms with Crippen LogP contribution in [0.5, 0.6) is 11.6 Å². The Balaban J connectivity index is 1.76. The Hall–Kier alpha value is -3.46. The van der Waals surface area contributed by atoms with Crippen LogP contribution in [0.25, 0.3) is 11.0 Å². The number of amides is 2. The van der Waals surface area contributed by atoms with E-state index in [-0.39, 0.29) is 23.1 Å². The number of thioether (sulfide) groups is 1. The zero-order chi connectivity index (χ0) is 19.7. The highest BCUT2D eigenvalue weighted by Gasteiger charge is 2.25. The van der Waals surface area contributed by atoms with Crippen molar-refractivity contribution in [1.29, 1.82) is 0 Å². The van der Waals surface area contributed by atoms with Crippen molar-refractivity contribution in [3.63, 3.8) is 0 Å². The Morgan fingerprint density at radius 2 is 1.86 bits per heavy atom. The molecule has 0 atom stereocenters. The molecule has 7 nitrogen and oxygen atoms in total. The number of halogens is 1. The van der Waals surface area contributed by atoms with Gasteiger partial charge < -0.3 is 4.74 Å². The summed E-state index contributed by atoms with van der Waals surface area (Å²) in [5.41, 5.74) is 0.539. The summed E-state index contributed by atoms with van der Waals surface area (Å²) in [5.74, 6) is -0.834. The molecule has 1 aromatic heterocycles. The number of ether oxygens (including phenoxy) is 1. The standard InChI is InChI=1S/C19H12FN3O4S/c20-11-5-7-12(8-6-11)27-17-18(25)23(14-4-2-1-3-13(14)21-17)10-9-15-16(24)22-19(26)28-15/h1-9H,10H2,(H,22,24,26)/b15-9+. The van der Waals surface area contributed by atoms with Gasteiger partial charge in [-0.25, -0.2) is 9.37 Å². The number of hydrogen-bond donors (Lipinski definition) is 1. The predicted octanol–water partition coefficient (Wildman–Crippen LogP) is 3.19. The van der Waals surface area contributed by atoms with Crippen molar-refractivity contribution in [3.8, 4) is 11.6 Å². The van der Waals surface area contributed by atoms with E-state index in [1.807, 2.05) is 0 Å². The first-order valence-electron chi connectivity index (χ1n) is 8.17. The minimum atomic E-state index is -0.519. The lowest BCUT2D eigenvalue weighted by atomic mass is 10.3. The molecule has 2 amide bonds. The summed E-state index contributed by atoms with van der Waals surface area (Å²) in [7, 11) is 0. The Morgan fingerprint density at radius 1 is 1.11 bits per heavy atom. The van der Waals surface area contributed by atoms with E-state index in [4.69, 9.17) is 4.74 Å². The lowest BCUT2D eigenvalue weighted by Crippen LogP contribution is -2.23. The number of hydrogen-bond acceptors (Lipinski definition) is 6. The van der Waals surface area contributed by atoms with Crippen LogP contribution in [0.15, 0.2) is 64.3 Å². The molecule has 0 radical (unpaired) electrons. The average molecular weight is 397 g/mol. The number of imide groups is 1. The molecular weight excluding hydrogens is 385 g/mol. The molecular formula is C19H12FN3O4S. The van der Waals surface area contributed by atoms with Gasteiger partial charge >= 0.3 is 5.56 Å². The number of rotatable bonds is 4. The number of allylic oxidation sites excluding steroid dienone is 1. The molecule has 0 aliphatic carbocycles. The van der Waals surface area contributed by atoms with Crippen LogP contribution in [0, 0.1) is 5.82 Å². The molecule has 1 saturated heterocycles. The van der Waals surface area contributed by atoms with Gasteiger partial charge in [0.05, 0.1) is 15.9 Å². The number of carbonyl (C=O) groups excluding carboxylic acids is 2. The SMILES string of the molecule is O=C1NC(=O)/C(=C\Cn2c(=O)c(Oc3ccc(F)cc3)nc3ccccc32)S1. The van der Waals surface area contributed by atoms with Crippen molar-refractivity contribution in [1.82, 2.24) is 14.9 Å². The molecule has 0 bridgehead atoms. The fourth-order valence-electron chi connectivity index (χ4n) is 2.67. The van der Waals surface area contributed by atoms with Gasteiger partial charge in [0.15, 0.2) is 0 Å². The van der Waals surface area contributed by atoms with Crippen molar-refractivity contribution in [2.75, 3.05) is 0 Å². The van der Waals surface area contributed by atoms with Gasteiger partial charge in [0.25, 0.3) is 17.0 Å². The van der Waals surface area contributed by atoms with E-state index in [0.29, 0.717) is 11.0 Å². The Morgan fingerprint density at radius 3 is 2.57 bits per heavy atom. The third kappa shape index (κ3) is 3.52. The maximum Gasteiger partial charge on any atom is 0.314 e. The van der Waals surface area contributed by atoms with Gasteiger partial charge in [0.1, 0.15) is 11.6 Å². The largest absolute Gasteiger partial charge is 0.435 e. The molecule has 28 heavy (non-hydrogen) atoms. The van der Waals surface area contributed by atoms with Crippen LogP contribution in [0.4, 0.5) is 9.18 Å². The molecule has 1 aliphatic rings. The molecule has 0 unspecified atom stereocenters. The number of benzene rings is 2. The first-order valence-corrected chi connectivity index (χ1v) is 8.99. The highest BCUT2D eigenvalue weighted by Crippen LogP contribution is 2.24. The summed E-state index contributed by atoms with van der Waals surface area (Å²) in [4.78, 5) is 40.4. The number of nitrogens with zero attached hydrogens (tertiary/aromatic N) is 2. The number of carbonyl (C=O) groups is 2. The lowest BCUT2D eigenvalue weighted by Gasteiger charge is -2.11. The van der Waals surface area contributed by atoms with Crippen LogP contribution in [-0.4, -0.2) is 20.7 Å². The van der Waals surface area contributed by atoms with Crippen LogP contribution in [0.1, 0.15) is 0 Å². The van der Waals surface area contributed by atoms with Crippen molar-refractivity contribution in [2.24, 2.45) is 0 Å². The van der Waals surface area contributed by atoms with E-state index >= 15 is 0 Å². The molecule has 2 aromatic carbocycles.